The molecule has 2 bridgehead atoms. The smallest absolute Gasteiger partial charge is 0.390 e. The van der Waals surface area contributed by atoms with Crippen molar-refractivity contribution in [2.75, 3.05) is 13.1 Å². The Kier molecular flexibility index (Phi) is 4.21. The van der Waals surface area contributed by atoms with Crippen LogP contribution in [0.3, 0.4) is 0 Å². The van der Waals surface area contributed by atoms with E-state index in [1.165, 1.54) is 6.07 Å². The lowest BCUT2D eigenvalue weighted by Crippen LogP contribution is -2.76. The van der Waals surface area contributed by atoms with E-state index in [1.54, 1.807) is 17.0 Å². The third kappa shape index (κ3) is 2.87. The van der Waals surface area contributed by atoms with Gasteiger partial charge in [0.2, 0.25) is 0 Å². The number of phenols is 1. The van der Waals surface area contributed by atoms with E-state index < -0.39 is 47.1 Å². The number of nitrogens with zero attached hydrogens (tertiary/aromatic N) is 1. The number of hydrogen-bond donors (Lipinski definition) is 4. The van der Waals surface area contributed by atoms with Crippen LogP contribution in [0.1, 0.15) is 43.2 Å². The molecule has 0 radical (unpaired) electrons. The van der Waals surface area contributed by atoms with Gasteiger partial charge in [-0.2, -0.15) is 13.2 Å². The van der Waals surface area contributed by atoms with Gasteiger partial charge in [-0.25, -0.2) is 4.79 Å². The van der Waals surface area contributed by atoms with E-state index in [9.17, 15) is 33.0 Å². The number of aromatic hydroxyl groups is 1. The molecule has 1 aromatic rings. The molecule has 5 rings (SSSR count). The van der Waals surface area contributed by atoms with Gasteiger partial charge in [0.15, 0.2) is 0 Å². The summed E-state index contributed by atoms with van der Waals surface area (Å²) in [6.07, 6.45) is -4.09. The minimum absolute atomic E-state index is 0.0213. The zero-order chi connectivity index (χ0) is 22.2. The summed E-state index contributed by atoms with van der Waals surface area (Å²) in [6, 6.07) is 3.73. The number of aliphatic hydroxyl groups is 1. The van der Waals surface area contributed by atoms with Crippen molar-refractivity contribution < 1.29 is 33.0 Å². The van der Waals surface area contributed by atoms with Crippen LogP contribution in [0.25, 0.3) is 0 Å². The molecule has 3 fully saturated rings. The first-order chi connectivity index (χ1) is 14.5. The number of amides is 3. The van der Waals surface area contributed by atoms with Crippen molar-refractivity contribution in [1.29, 1.82) is 0 Å². The molecule has 1 aromatic carbocycles. The molecule has 2 saturated heterocycles. The minimum atomic E-state index is -4.29. The lowest BCUT2D eigenvalue weighted by molar-refractivity contribution is -0.188. The number of benzene rings is 1. The molecule has 2 aliphatic carbocycles. The second-order valence-electron chi connectivity index (χ2n) is 9.39. The largest absolute Gasteiger partial charge is 0.508 e. The lowest BCUT2D eigenvalue weighted by atomic mass is 9.46. The molecule has 2 heterocycles. The number of alkyl halides is 3. The van der Waals surface area contributed by atoms with E-state index in [0.29, 0.717) is 19.4 Å². The third-order valence-electron chi connectivity index (χ3n) is 7.90. The average Bonchev–Trinajstić information content (AvgIpc) is 2.94. The van der Waals surface area contributed by atoms with Crippen LogP contribution in [0.5, 0.6) is 5.75 Å². The Morgan fingerprint density at radius 3 is 2.65 bits per heavy atom. The number of phenolic OH excluding ortho intramolecular Hbond substituents is 1. The molecule has 3 amide bonds. The summed E-state index contributed by atoms with van der Waals surface area (Å²) in [5.41, 5.74) is -1.97. The SMILES string of the molecule is O=C1NC(=O)[C@@]2(CCC3(O)C4Cc5ccc(O)cc5[C@@]3(CCN4CCC(F)(F)F)C2)N1. The number of carbonyl (C=O) groups excluding carboxylic acids is 2. The number of fused-ring (bicyclic) bond motifs is 1. The van der Waals surface area contributed by atoms with E-state index in [0.717, 1.165) is 11.1 Å². The number of hydrogen-bond acceptors (Lipinski definition) is 5. The molecule has 2 aliphatic heterocycles. The number of halogens is 3. The van der Waals surface area contributed by atoms with Crippen LogP contribution in [-0.4, -0.2) is 63.5 Å². The molecule has 1 saturated carbocycles. The lowest BCUT2D eigenvalue weighted by Gasteiger charge is -2.65. The summed E-state index contributed by atoms with van der Waals surface area (Å²) in [5.74, 6) is -0.426. The van der Waals surface area contributed by atoms with Gasteiger partial charge in [0, 0.05) is 18.0 Å². The summed E-state index contributed by atoms with van der Waals surface area (Å²) < 4.78 is 38.8. The Morgan fingerprint density at radius 2 is 1.97 bits per heavy atom. The predicted molar refractivity (Wildman–Crippen MR) is 102 cm³/mol. The zero-order valence-electron chi connectivity index (χ0n) is 16.8. The van der Waals surface area contributed by atoms with E-state index in [4.69, 9.17) is 0 Å². The summed E-state index contributed by atoms with van der Waals surface area (Å²) in [5, 5.41) is 27.2. The van der Waals surface area contributed by atoms with E-state index in [1.807, 2.05) is 0 Å². The summed E-state index contributed by atoms with van der Waals surface area (Å²) >= 11 is 0. The van der Waals surface area contributed by atoms with Gasteiger partial charge in [-0.05, 0) is 61.9 Å². The first-order valence-electron chi connectivity index (χ1n) is 10.5. The minimum Gasteiger partial charge on any atom is -0.508 e. The van der Waals surface area contributed by atoms with Crippen molar-refractivity contribution in [2.24, 2.45) is 0 Å². The van der Waals surface area contributed by atoms with Crippen molar-refractivity contribution in [3.05, 3.63) is 29.3 Å². The van der Waals surface area contributed by atoms with Crippen LogP contribution in [-0.2, 0) is 16.6 Å². The van der Waals surface area contributed by atoms with Gasteiger partial charge >= 0.3 is 12.2 Å². The zero-order valence-corrected chi connectivity index (χ0v) is 16.8. The normalized spacial score (nSPS) is 37.2. The Morgan fingerprint density at radius 1 is 1.19 bits per heavy atom. The number of imide groups is 1. The Labute approximate surface area is 176 Å². The Balaban J connectivity index is 1.60. The fraction of sp³-hybridized carbons (Fsp3) is 0.619. The maximum Gasteiger partial charge on any atom is 0.390 e. The molecule has 4 aliphatic rings. The molecule has 10 heteroatoms. The highest BCUT2D eigenvalue weighted by molar-refractivity contribution is 6.07. The van der Waals surface area contributed by atoms with Gasteiger partial charge in [0.1, 0.15) is 11.3 Å². The second kappa shape index (κ2) is 6.35. The first kappa shape index (κ1) is 20.6. The first-order valence-corrected chi connectivity index (χ1v) is 10.5. The van der Waals surface area contributed by atoms with Crippen LogP contribution < -0.4 is 10.6 Å². The third-order valence-corrected chi connectivity index (χ3v) is 7.90. The Hall–Kier alpha value is -2.33. The maximum atomic E-state index is 12.9. The molecular formula is C21H24F3N3O4. The summed E-state index contributed by atoms with van der Waals surface area (Å²) in [6.45, 7) is 0.117. The average molecular weight is 439 g/mol. The summed E-state index contributed by atoms with van der Waals surface area (Å²) in [7, 11) is 0. The van der Waals surface area contributed by atoms with E-state index in [-0.39, 0.29) is 31.6 Å². The number of likely N-dealkylation sites (tertiary alicyclic amines) is 1. The monoisotopic (exact) mass is 439 g/mol. The highest BCUT2D eigenvalue weighted by Crippen LogP contribution is 2.60. The molecule has 31 heavy (non-hydrogen) atoms. The van der Waals surface area contributed by atoms with Gasteiger partial charge in [-0.15, -0.1) is 0 Å². The number of carbonyl (C=O) groups is 2. The van der Waals surface area contributed by atoms with Crippen LogP contribution in [0.4, 0.5) is 18.0 Å². The molecule has 4 N–H and O–H groups in total. The highest BCUT2D eigenvalue weighted by atomic mass is 19.4. The highest BCUT2D eigenvalue weighted by Gasteiger charge is 2.69. The van der Waals surface area contributed by atoms with Gasteiger partial charge in [0.25, 0.3) is 5.91 Å². The van der Waals surface area contributed by atoms with Gasteiger partial charge < -0.3 is 15.5 Å². The van der Waals surface area contributed by atoms with Gasteiger partial charge in [-0.1, -0.05) is 6.07 Å². The van der Waals surface area contributed by atoms with E-state index in [2.05, 4.69) is 10.6 Å². The standard InChI is InChI=1S/C21H24F3N3O4/c22-21(23,24)6-8-27-7-5-18-11-19(16(29)25-17(30)26-19)3-4-20(18,31)15(27)9-12-1-2-13(28)10-14(12)18/h1-2,10,15,28,31H,3-9,11H2,(H2,25,26,29,30)/t15?,18-,19+,20?/m1/s1. The maximum absolute atomic E-state index is 12.9. The number of piperidine rings is 1. The summed E-state index contributed by atoms with van der Waals surface area (Å²) in [4.78, 5) is 26.3. The van der Waals surface area contributed by atoms with Crippen LogP contribution >= 0.6 is 0 Å². The fourth-order valence-corrected chi connectivity index (χ4v) is 6.51. The van der Waals surface area contributed by atoms with E-state index >= 15 is 0 Å². The fourth-order valence-electron chi connectivity index (χ4n) is 6.51. The quantitative estimate of drug-likeness (QED) is 0.526. The topological polar surface area (TPSA) is 102 Å². The van der Waals surface area contributed by atoms with Crippen LogP contribution in [0.15, 0.2) is 18.2 Å². The van der Waals surface area contributed by atoms with Crippen molar-refractivity contribution in [2.45, 2.75) is 67.3 Å². The van der Waals surface area contributed by atoms with Crippen molar-refractivity contribution in [3.63, 3.8) is 0 Å². The van der Waals surface area contributed by atoms with Crippen molar-refractivity contribution in [1.82, 2.24) is 15.5 Å². The molecule has 1 spiro atoms. The van der Waals surface area contributed by atoms with Crippen molar-refractivity contribution in [3.8, 4) is 5.75 Å². The molecule has 2 unspecified atom stereocenters. The van der Waals surface area contributed by atoms with Gasteiger partial charge in [0.05, 0.1) is 12.0 Å². The molecular weight excluding hydrogens is 415 g/mol. The molecule has 0 aromatic heterocycles. The number of nitrogens with one attached hydrogen (secondary N) is 2. The number of urea groups is 1. The van der Waals surface area contributed by atoms with Crippen LogP contribution in [0.2, 0.25) is 0 Å². The van der Waals surface area contributed by atoms with Gasteiger partial charge in [-0.3, -0.25) is 15.0 Å². The predicted octanol–water partition coefficient (Wildman–Crippen LogP) is 1.71. The molecule has 4 atom stereocenters. The Bertz CT molecular complexity index is 970. The van der Waals surface area contributed by atoms with Crippen molar-refractivity contribution >= 4 is 11.9 Å². The number of rotatable bonds is 2. The molecule has 7 nitrogen and oxygen atoms in total. The van der Waals surface area contributed by atoms with Crippen LogP contribution in [0, 0.1) is 0 Å². The second-order valence-corrected chi connectivity index (χ2v) is 9.39. The molecule has 168 valence electrons.